The lowest BCUT2D eigenvalue weighted by atomic mass is 9.36. The topological polar surface area (TPSA) is 6.48 Å². The lowest BCUT2D eigenvalue weighted by Gasteiger charge is -2.44. The van der Waals surface area contributed by atoms with E-state index >= 15 is 0 Å². The van der Waals surface area contributed by atoms with Crippen LogP contribution in [-0.2, 0) is 21.7 Å². The van der Waals surface area contributed by atoms with E-state index < -0.39 is 6.85 Å². The van der Waals surface area contributed by atoms with E-state index in [2.05, 4.69) is 220 Å². The van der Waals surface area contributed by atoms with Crippen LogP contribution in [0.25, 0.3) is 32.3 Å². The van der Waals surface area contributed by atoms with Gasteiger partial charge in [0, 0.05) is 47.3 Å². The van der Waals surface area contributed by atoms with Crippen molar-refractivity contribution < 1.29 is 4.11 Å². The van der Waals surface area contributed by atoms with Gasteiger partial charge in [-0.05, 0) is 163 Å². The average molecular weight is 952 g/mol. The molecule has 4 heteroatoms. The Hall–Kier alpha value is -5.84. The van der Waals surface area contributed by atoms with Crippen LogP contribution in [0.2, 0.25) is 0 Å². The second-order valence-corrected chi connectivity index (χ2v) is 26.2. The number of hydrogen-bond acceptors (Lipinski definition) is 3. The van der Waals surface area contributed by atoms with Crippen LogP contribution >= 0.6 is 11.3 Å². The highest BCUT2D eigenvalue weighted by Crippen LogP contribution is 2.52. The van der Waals surface area contributed by atoms with Crippen molar-refractivity contribution in [2.75, 3.05) is 9.80 Å². The Morgan fingerprint density at radius 1 is 0.521 bits per heavy atom. The molecule has 0 atom stereocenters. The van der Waals surface area contributed by atoms with Crippen LogP contribution in [0.15, 0.2) is 140 Å². The molecule has 1 saturated carbocycles. The molecule has 8 aromatic rings. The van der Waals surface area contributed by atoms with Crippen LogP contribution in [-0.4, -0.2) is 6.71 Å². The van der Waals surface area contributed by atoms with Gasteiger partial charge in [0.1, 0.15) is 0 Å². The summed E-state index contributed by atoms with van der Waals surface area (Å²) in [5, 5.41) is 1.21. The first-order chi connectivity index (χ1) is 34.9. The zero-order valence-corrected chi connectivity index (χ0v) is 45.1. The molecular weight excluding hydrogens is 876 g/mol. The molecule has 0 saturated heterocycles. The number of aryl methyl sites for hydroxylation is 1. The minimum atomic E-state index is -2.39. The van der Waals surface area contributed by atoms with Crippen LogP contribution in [0.4, 0.5) is 34.1 Å². The Kier molecular flexibility index (Phi) is 10.6. The molecule has 0 amide bonds. The molecule has 2 nitrogen and oxygen atoms in total. The number of fused-ring (bicyclic) bond motifs is 6. The van der Waals surface area contributed by atoms with E-state index in [1.807, 2.05) is 23.5 Å². The lowest BCUT2D eigenvalue weighted by Crippen LogP contribution is -2.60. The van der Waals surface area contributed by atoms with Crippen molar-refractivity contribution in [1.82, 2.24) is 0 Å². The summed E-state index contributed by atoms with van der Waals surface area (Å²) >= 11 is 1.90. The van der Waals surface area contributed by atoms with Gasteiger partial charge in [-0.15, -0.1) is 11.3 Å². The molecule has 11 rings (SSSR count). The Morgan fingerprint density at radius 3 is 1.86 bits per heavy atom. The third-order valence-electron chi connectivity index (χ3n) is 15.9. The van der Waals surface area contributed by atoms with E-state index in [0.717, 1.165) is 45.2 Å². The van der Waals surface area contributed by atoms with Gasteiger partial charge in [0.05, 0.1) is 11.4 Å². The van der Waals surface area contributed by atoms with E-state index in [1.54, 1.807) is 0 Å². The van der Waals surface area contributed by atoms with Gasteiger partial charge in [-0.3, -0.25) is 0 Å². The van der Waals surface area contributed by atoms with Crippen molar-refractivity contribution in [2.45, 2.75) is 150 Å². The molecule has 2 aliphatic heterocycles. The molecule has 1 fully saturated rings. The summed E-state index contributed by atoms with van der Waals surface area (Å²) < 4.78 is 30.3. The number of nitrogens with zero attached hydrogens (tertiary/aromatic N) is 2. The number of rotatable bonds is 5. The summed E-state index contributed by atoms with van der Waals surface area (Å²) in [4.78, 5) is 4.89. The molecule has 0 unspecified atom stereocenters. The molecular formula is C67H73BN2S. The molecule has 3 heterocycles. The van der Waals surface area contributed by atoms with Crippen molar-refractivity contribution in [3.05, 3.63) is 173 Å². The molecule has 7 aromatic carbocycles. The van der Waals surface area contributed by atoms with Crippen LogP contribution in [0.1, 0.15) is 159 Å². The maximum atomic E-state index is 9.25. The summed E-state index contributed by atoms with van der Waals surface area (Å²) in [5.74, 6) is 0.502. The molecule has 1 aliphatic carbocycles. The van der Waals surface area contributed by atoms with Crippen molar-refractivity contribution in [2.24, 2.45) is 0 Å². The van der Waals surface area contributed by atoms with Crippen molar-refractivity contribution in [3.63, 3.8) is 0 Å². The number of thiophene rings is 1. The van der Waals surface area contributed by atoms with Crippen molar-refractivity contribution in [1.29, 1.82) is 0 Å². The first-order valence-corrected chi connectivity index (χ1v) is 27.1. The van der Waals surface area contributed by atoms with E-state index in [0.29, 0.717) is 11.5 Å². The maximum absolute atomic E-state index is 9.25. The number of hydrogen-bond donors (Lipinski definition) is 0. The fraction of sp³-hybridized carbons (Fsp3) is 0.343. The van der Waals surface area contributed by atoms with Crippen LogP contribution in [0, 0.1) is 6.85 Å². The zero-order valence-electron chi connectivity index (χ0n) is 47.3. The highest BCUT2D eigenvalue weighted by atomic mass is 32.1. The maximum Gasteiger partial charge on any atom is 0.264 e. The first-order valence-electron chi connectivity index (χ1n) is 27.8. The Morgan fingerprint density at radius 2 is 1.17 bits per heavy atom. The normalized spacial score (nSPS) is 16.1. The Labute approximate surface area is 434 Å². The Bertz CT molecular complexity index is 3470. The Balaban J connectivity index is 1.25. The van der Waals surface area contributed by atoms with Gasteiger partial charge in [-0.25, -0.2) is 0 Å². The molecule has 0 bridgehead atoms. The quantitative estimate of drug-likeness (QED) is 0.159. The SMILES string of the molecule is [2H]C([2H])([2H])c1cc2c3c(c1)N(c1ccc(C4CCCCC4)cc1-c1cccc(C(C)(C)C)c1)c1c(sc4ccc(C(C)(C)C)cc14)B3c1cc(C(C)(C)C)ccc1N2c1ccc(-c2ccccc2C(C)(C)C)cc1. The zero-order chi connectivity index (χ0) is 52.4. The summed E-state index contributed by atoms with van der Waals surface area (Å²) in [5.41, 5.74) is 19.8. The third kappa shape index (κ3) is 8.37. The number of anilines is 6. The van der Waals surface area contributed by atoms with E-state index in [-0.39, 0.29) is 28.4 Å². The minimum Gasteiger partial charge on any atom is -0.311 e. The standard InChI is InChI=1S/C67H73BN2S/c1-42-36-58-61-59(37-42)70(56-33-28-45(43-20-15-14-16-21-43)39-52(56)46-22-19-23-47(38-46)64(2,3)4)62-53-40-48(65(5,6)7)30-35-60(53)71-63(62)68(61)55-41-49(66(8,9)10)29-34-57(55)69(58)50-31-26-44(27-32-50)51-24-17-18-25-54(51)67(11,12)13/h17-19,22-41,43H,14-16,20-21H2,1-13H3/i1D3. The van der Waals surface area contributed by atoms with Gasteiger partial charge in [0.2, 0.25) is 0 Å². The van der Waals surface area contributed by atoms with Crippen molar-refractivity contribution >= 4 is 78.0 Å². The second kappa shape index (κ2) is 17.2. The van der Waals surface area contributed by atoms with Gasteiger partial charge >= 0.3 is 0 Å². The minimum absolute atomic E-state index is 0.0350. The predicted octanol–water partition coefficient (Wildman–Crippen LogP) is 17.9. The molecule has 0 N–H and O–H groups in total. The van der Waals surface area contributed by atoms with E-state index in [9.17, 15) is 4.11 Å². The summed E-state index contributed by atoms with van der Waals surface area (Å²) in [6.07, 6.45) is 6.21. The first kappa shape index (κ1) is 43.9. The second-order valence-electron chi connectivity index (χ2n) is 25.1. The summed E-state index contributed by atoms with van der Waals surface area (Å²) in [6.45, 7) is 25.0. The highest BCUT2D eigenvalue weighted by molar-refractivity contribution is 7.33. The van der Waals surface area contributed by atoms with Gasteiger partial charge in [0.15, 0.2) is 0 Å². The van der Waals surface area contributed by atoms with Gasteiger partial charge < -0.3 is 9.80 Å². The largest absolute Gasteiger partial charge is 0.311 e. The molecule has 0 radical (unpaired) electrons. The lowest BCUT2D eigenvalue weighted by molar-refractivity contribution is 0.444. The third-order valence-corrected chi connectivity index (χ3v) is 17.2. The van der Waals surface area contributed by atoms with Gasteiger partial charge in [0.25, 0.3) is 6.71 Å². The monoisotopic (exact) mass is 952 g/mol. The fourth-order valence-corrected chi connectivity index (χ4v) is 13.2. The molecule has 71 heavy (non-hydrogen) atoms. The summed E-state index contributed by atoms with van der Waals surface area (Å²) in [6, 6.07) is 52.4. The van der Waals surface area contributed by atoms with E-state index in [4.69, 9.17) is 0 Å². The van der Waals surface area contributed by atoms with Crippen molar-refractivity contribution in [3.8, 4) is 22.3 Å². The number of benzene rings is 7. The van der Waals surface area contributed by atoms with Crippen LogP contribution < -0.4 is 25.5 Å². The summed E-state index contributed by atoms with van der Waals surface area (Å²) in [7, 11) is 0. The highest BCUT2D eigenvalue weighted by Gasteiger charge is 2.46. The molecule has 360 valence electrons. The smallest absolute Gasteiger partial charge is 0.264 e. The van der Waals surface area contributed by atoms with Crippen LogP contribution in [0.3, 0.4) is 0 Å². The fourth-order valence-electron chi connectivity index (χ4n) is 11.9. The molecule has 3 aliphatic rings. The van der Waals surface area contributed by atoms with Gasteiger partial charge in [-0.1, -0.05) is 187 Å². The molecule has 1 aromatic heterocycles. The molecule has 0 spiro atoms. The van der Waals surface area contributed by atoms with Gasteiger partial charge in [-0.2, -0.15) is 0 Å². The van der Waals surface area contributed by atoms with Crippen LogP contribution in [0.5, 0.6) is 0 Å². The predicted molar refractivity (Wildman–Crippen MR) is 312 cm³/mol. The average Bonchev–Trinajstić information content (AvgIpc) is 3.79. The van der Waals surface area contributed by atoms with E-state index in [1.165, 1.54) is 96.9 Å².